The lowest BCUT2D eigenvalue weighted by Gasteiger charge is -2.20. The van der Waals surface area contributed by atoms with Crippen molar-refractivity contribution in [3.8, 4) is 0 Å². The minimum atomic E-state index is -0.151. The topological polar surface area (TPSA) is 50.9 Å². The van der Waals surface area contributed by atoms with Crippen LogP contribution < -0.4 is 11.3 Å². The van der Waals surface area contributed by atoms with Gasteiger partial charge < -0.3 is 0 Å². The quantitative estimate of drug-likeness (QED) is 0.572. The summed E-state index contributed by atoms with van der Waals surface area (Å²) in [4.78, 5) is 4.33. The van der Waals surface area contributed by atoms with Gasteiger partial charge in [-0.1, -0.05) is 41.9 Å². The number of benzene rings is 2. The zero-order chi connectivity index (χ0) is 14.8. The molecular formula is C17H16ClN3. The van der Waals surface area contributed by atoms with Gasteiger partial charge in [0.2, 0.25) is 0 Å². The van der Waals surface area contributed by atoms with Crippen LogP contribution in [0.1, 0.15) is 22.7 Å². The van der Waals surface area contributed by atoms with Crippen LogP contribution in [-0.4, -0.2) is 4.98 Å². The summed E-state index contributed by atoms with van der Waals surface area (Å²) in [6.45, 7) is 2.05. The monoisotopic (exact) mass is 297 g/mol. The van der Waals surface area contributed by atoms with E-state index in [-0.39, 0.29) is 6.04 Å². The maximum Gasteiger partial charge on any atom is 0.0734 e. The summed E-state index contributed by atoms with van der Waals surface area (Å²) in [6, 6.07) is 13.8. The van der Waals surface area contributed by atoms with Crippen molar-refractivity contribution in [2.75, 3.05) is 0 Å². The smallest absolute Gasteiger partial charge is 0.0734 e. The van der Waals surface area contributed by atoms with E-state index in [9.17, 15) is 0 Å². The molecule has 1 aromatic heterocycles. The van der Waals surface area contributed by atoms with Crippen molar-refractivity contribution in [1.29, 1.82) is 0 Å². The second-order valence-electron chi connectivity index (χ2n) is 5.05. The van der Waals surface area contributed by atoms with Crippen LogP contribution in [0.3, 0.4) is 0 Å². The third-order valence-electron chi connectivity index (χ3n) is 3.73. The van der Waals surface area contributed by atoms with Gasteiger partial charge in [-0.05, 0) is 35.6 Å². The lowest BCUT2D eigenvalue weighted by molar-refractivity contribution is 0.636. The Morgan fingerprint density at radius 2 is 1.90 bits per heavy atom. The van der Waals surface area contributed by atoms with Crippen LogP contribution in [-0.2, 0) is 0 Å². The minimum Gasteiger partial charge on any atom is -0.271 e. The number of nitrogens with two attached hydrogens (primary N) is 1. The minimum absolute atomic E-state index is 0.151. The van der Waals surface area contributed by atoms with Crippen LogP contribution >= 0.6 is 11.6 Å². The first-order valence-corrected chi connectivity index (χ1v) is 7.13. The number of halogens is 1. The average Bonchev–Trinajstić information content (AvgIpc) is 2.51. The summed E-state index contributed by atoms with van der Waals surface area (Å²) in [5, 5.41) is 2.92. The first-order valence-electron chi connectivity index (χ1n) is 6.75. The Kier molecular flexibility index (Phi) is 3.88. The molecule has 0 saturated heterocycles. The summed E-state index contributed by atoms with van der Waals surface area (Å²) in [5.74, 6) is 5.83. The van der Waals surface area contributed by atoms with Crippen molar-refractivity contribution in [2.45, 2.75) is 13.0 Å². The molecule has 0 amide bonds. The number of pyridine rings is 1. The maximum absolute atomic E-state index is 6.14. The Morgan fingerprint density at radius 1 is 1.10 bits per heavy atom. The number of aromatic nitrogens is 1. The Morgan fingerprint density at radius 3 is 2.71 bits per heavy atom. The van der Waals surface area contributed by atoms with E-state index in [1.165, 1.54) is 0 Å². The SMILES string of the molecule is Cc1ccc(Cl)cc1C(NN)c1cncc2ccccc12. The predicted molar refractivity (Wildman–Crippen MR) is 87.1 cm³/mol. The van der Waals surface area contributed by atoms with Gasteiger partial charge in [0, 0.05) is 28.4 Å². The lowest BCUT2D eigenvalue weighted by atomic mass is 9.93. The van der Waals surface area contributed by atoms with E-state index in [0.29, 0.717) is 5.02 Å². The second kappa shape index (κ2) is 5.82. The number of fused-ring (bicyclic) bond motifs is 1. The lowest BCUT2D eigenvalue weighted by Crippen LogP contribution is -2.29. The molecule has 3 N–H and O–H groups in total. The van der Waals surface area contributed by atoms with Crippen molar-refractivity contribution in [3.63, 3.8) is 0 Å². The zero-order valence-corrected chi connectivity index (χ0v) is 12.4. The molecule has 0 saturated carbocycles. The zero-order valence-electron chi connectivity index (χ0n) is 11.7. The molecule has 0 bridgehead atoms. The molecule has 1 unspecified atom stereocenters. The molecule has 3 rings (SSSR count). The molecule has 0 radical (unpaired) electrons. The number of hydrazine groups is 1. The first-order chi connectivity index (χ1) is 10.2. The third kappa shape index (κ3) is 2.63. The van der Waals surface area contributed by atoms with E-state index >= 15 is 0 Å². The molecule has 0 aliphatic carbocycles. The molecular weight excluding hydrogens is 282 g/mol. The van der Waals surface area contributed by atoms with Crippen molar-refractivity contribution in [3.05, 3.63) is 76.6 Å². The van der Waals surface area contributed by atoms with Crippen molar-refractivity contribution in [1.82, 2.24) is 10.4 Å². The van der Waals surface area contributed by atoms with Crippen molar-refractivity contribution >= 4 is 22.4 Å². The highest BCUT2D eigenvalue weighted by atomic mass is 35.5. The molecule has 0 spiro atoms. The van der Waals surface area contributed by atoms with E-state index < -0.39 is 0 Å². The number of hydrogen-bond donors (Lipinski definition) is 2. The molecule has 21 heavy (non-hydrogen) atoms. The summed E-state index contributed by atoms with van der Waals surface area (Å²) >= 11 is 6.14. The highest BCUT2D eigenvalue weighted by Gasteiger charge is 2.17. The largest absolute Gasteiger partial charge is 0.271 e. The van der Waals surface area contributed by atoms with Gasteiger partial charge in [0.1, 0.15) is 0 Å². The fourth-order valence-corrected chi connectivity index (χ4v) is 2.82. The van der Waals surface area contributed by atoms with Gasteiger partial charge in [-0.3, -0.25) is 10.8 Å². The van der Waals surface area contributed by atoms with Crippen LogP contribution in [0, 0.1) is 6.92 Å². The van der Waals surface area contributed by atoms with Gasteiger partial charge in [0.25, 0.3) is 0 Å². The summed E-state index contributed by atoms with van der Waals surface area (Å²) in [5.41, 5.74) is 6.13. The van der Waals surface area contributed by atoms with Crippen molar-refractivity contribution in [2.24, 2.45) is 5.84 Å². The number of nitrogens with one attached hydrogen (secondary N) is 1. The molecule has 1 heterocycles. The Bertz CT molecular complexity index is 781. The van der Waals surface area contributed by atoms with E-state index in [1.54, 1.807) is 0 Å². The summed E-state index contributed by atoms with van der Waals surface area (Å²) in [7, 11) is 0. The van der Waals surface area contributed by atoms with Gasteiger partial charge in [0.05, 0.1) is 6.04 Å². The highest BCUT2D eigenvalue weighted by Crippen LogP contribution is 2.30. The number of nitrogens with zero attached hydrogens (tertiary/aromatic N) is 1. The standard InChI is InChI=1S/C17H16ClN3/c1-11-6-7-13(18)8-15(11)17(21-19)16-10-20-9-12-4-2-3-5-14(12)16/h2-10,17,21H,19H2,1H3. The fraction of sp³-hybridized carbons (Fsp3) is 0.118. The summed E-state index contributed by atoms with van der Waals surface area (Å²) in [6.07, 6.45) is 3.71. The van der Waals surface area contributed by atoms with E-state index in [4.69, 9.17) is 17.4 Å². The third-order valence-corrected chi connectivity index (χ3v) is 3.96. The Hall–Kier alpha value is -1.94. The molecule has 0 aliphatic rings. The number of aryl methyl sites for hydroxylation is 1. The molecule has 1 atom stereocenters. The molecule has 3 nitrogen and oxygen atoms in total. The van der Waals surface area contributed by atoms with Gasteiger partial charge in [-0.15, -0.1) is 0 Å². The number of hydrogen-bond acceptors (Lipinski definition) is 3. The Balaban J connectivity index is 2.21. The maximum atomic E-state index is 6.14. The van der Waals surface area contributed by atoms with Crippen LogP contribution in [0.15, 0.2) is 54.9 Å². The number of rotatable bonds is 3. The van der Waals surface area contributed by atoms with Crippen LogP contribution in [0.4, 0.5) is 0 Å². The fourth-order valence-electron chi connectivity index (χ4n) is 2.64. The molecule has 0 fully saturated rings. The molecule has 4 heteroatoms. The van der Waals surface area contributed by atoms with Crippen LogP contribution in [0.5, 0.6) is 0 Å². The normalized spacial score (nSPS) is 12.5. The van der Waals surface area contributed by atoms with Gasteiger partial charge in [-0.2, -0.15) is 0 Å². The molecule has 106 valence electrons. The molecule has 2 aromatic carbocycles. The van der Waals surface area contributed by atoms with Crippen LogP contribution in [0.2, 0.25) is 5.02 Å². The molecule has 3 aromatic rings. The van der Waals surface area contributed by atoms with Gasteiger partial charge in [0.15, 0.2) is 0 Å². The average molecular weight is 298 g/mol. The van der Waals surface area contributed by atoms with E-state index in [0.717, 1.165) is 27.5 Å². The van der Waals surface area contributed by atoms with E-state index in [1.807, 2.05) is 48.8 Å². The van der Waals surface area contributed by atoms with E-state index in [2.05, 4.69) is 23.4 Å². The van der Waals surface area contributed by atoms with Crippen LogP contribution in [0.25, 0.3) is 10.8 Å². The van der Waals surface area contributed by atoms with Gasteiger partial charge >= 0.3 is 0 Å². The van der Waals surface area contributed by atoms with Gasteiger partial charge in [-0.25, -0.2) is 5.43 Å². The predicted octanol–water partition coefficient (Wildman–Crippen LogP) is 3.75. The first kappa shape index (κ1) is 14.0. The van der Waals surface area contributed by atoms with Crippen molar-refractivity contribution < 1.29 is 0 Å². The second-order valence-corrected chi connectivity index (χ2v) is 5.49. The highest BCUT2D eigenvalue weighted by molar-refractivity contribution is 6.30. The summed E-state index contributed by atoms with van der Waals surface area (Å²) < 4.78 is 0. The molecule has 0 aliphatic heterocycles. The Labute approximate surface area is 128 Å².